The number of benzene rings is 1. The van der Waals surface area contributed by atoms with Crippen LogP contribution < -0.4 is 5.73 Å². The zero-order chi connectivity index (χ0) is 11.1. The molecule has 0 radical (unpaired) electrons. The van der Waals surface area contributed by atoms with Crippen molar-refractivity contribution in [2.45, 2.75) is 37.1 Å². The summed E-state index contributed by atoms with van der Waals surface area (Å²) in [6.45, 7) is 2.17. The second-order valence-corrected chi connectivity index (χ2v) is 5.24. The molecule has 1 aromatic carbocycles. The first-order valence-corrected chi connectivity index (χ1v) is 6.72. The van der Waals surface area contributed by atoms with Crippen molar-refractivity contribution in [1.29, 1.82) is 0 Å². The van der Waals surface area contributed by atoms with Crippen molar-refractivity contribution in [3.05, 3.63) is 29.3 Å². The van der Waals surface area contributed by atoms with Crippen LogP contribution in [-0.2, 0) is 0 Å². The lowest BCUT2D eigenvalue weighted by atomic mass is 10.1. The zero-order valence-corrected chi connectivity index (χ0v) is 10.7. The fraction of sp³-hybridized carbons (Fsp3) is 0.500. The van der Waals surface area contributed by atoms with Crippen LogP contribution in [0.5, 0.6) is 0 Å². The number of rotatable bonds is 6. The Morgan fingerprint density at radius 2 is 1.93 bits per heavy atom. The summed E-state index contributed by atoms with van der Waals surface area (Å²) in [5.74, 6) is 1.09. The van der Waals surface area contributed by atoms with Crippen LogP contribution in [0.3, 0.4) is 0 Å². The Morgan fingerprint density at radius 3 is 2.53 bits per heavy atom. The Balaban J connectivity index is 2.22. The van der Waals surface area contributed by atoms with Crippen molar-refractivity contribution < 1.29 is 0 Å². The van der Waals surface area contributed by atoms with Crippen molar-refractivity contribution in [1.82, 2.24) is 0 Å². The number of hydrogen-bond acceptors (Lipinski definition) is 2. The summed E-state index contributed by atoms with van der Waals surface area (Å²) in [6.07, 6.45) is 3.38. The molecular formula is C12H18ClNS. The fourth-order valence-corrected chi connectivity index (χ4v) is 2.48. The van der Waals surface area contributed by atoms with Crippen LogP contribution in [-0.4, -0.2) is 11.8 Å². The summed E-state index contributed by atoms with van der Waals surface area (Å²) in [5, 5.41) is 0.794. The van der Waals surface area contributed by atoms with E-state index in [-0.39, 0.29) is 0 Å². The van der Waals surface area contributed by atoms with Crippen LogP contribution in [0.15, 0.2) is 29.2 Å². The van der Waals surface area contributed by atoms with Gasteiger partial charge in [-0.15, -0.1) is 11.8 Å². The molecule has 0 aromatic heterocycles. The molecule has 0 heterocycles. The molecule has 1 rings (SSSR count). The van der Waals surface area contributed by atoms with Gasteiger partial charge in [0.25, 0.3) is 0 Å². The Kier molecular flexibility index (Phi) is 6.15. The molecule has 3 heteroatoms. The predicted molar refractivity (Wildman–Crippen MR) is 69.7 cm³/mol. The minimum atomic E-state index is 0.356. The van der Waals surface area contributed by atoms with Gasteiger partial charge in [0.15, 0.2) is 0 Å². The maximum atomic E-state index is 5.94. The molecule has 0 spiro atoms. The molecule has 0 saturated heterocycles. The van der Waals surface area contributed by atoms with E-state index >= 15 is 0 Å². The molecule has 1 aromatic rings. The van der Waals surface area contributed by atoms with Gasteiger partial charge in [0, 0.05) is 16.0 Å². The molecule has 0 aliphatic heterocycles. The number of nitrogens with two attached hydrogens (primary N) is 1. The minimum absolute atomic E-state index is 0.356. The van der Waals surface area contributed by atoms with Crippen LogP contribution in [0.2, 0.25) is 5.02 Å². The van der Waals surface area contributed by atoms with E-state index in [1.807, 2.05) is 23.9 Å². The Labute approximate surface area is 101 Å². The molecule has 15 heavy (non-hydrogen) atoms. The summed E-state index contributed by atoms with van der Waals surface area (Å²) in [6, 6.07) is 8.32. The number of hydrogen-bond donors (Lipinski definition) is 1. The highest BCUT2D eigenvalue weighted by atomic mass is 35.5. The average Bonchev–Trinajstić information content (AvgIpc) is 2.21. The molecule has 84 valence electrons. The molecule has 0 saturated carbocycles. The van der Waals surface area contributed by atoms with Gasteiger partial charge in [0.05, 0.1) is 0 Å². The van der Waals surface area contributed by atoms with Gasteiger partial charge in [-0.3, -0.25) is 0 Å². The predicted octanol–water partition coefficient (Wildman–Crippen LogP) is 3.95. The van der Waals surface area contributed by atoms with Crippen molar-refractivity contribution in [2.75, 3.05) is 5.75 Å². The third kappa shape index (κ3) is 5.45. The molecule has 0 fully saturated rings. The smallest absolute Gasteiger partial charge is 0.0406 e. The highest BCUT2D eigenvalue weighted by Gasteiger charge is 2.01. The van der Waals surface area contributed by atoms with E-state index in [1.54, 1.807) is 0 Å². The van der Waals surface area contributed by atoms with E-state index in [9.17, 15) is 0 Å². The lowest BCUT2D eigenvalue weighted by Crippen LogP contribution is -2.19. The molecule has 0 bridgehead atoms. The van der Waals surface area contributed by atoms with Crippen molar-refractivity contribution >= 4 is 23.4 Å². The average molecular weight is 244 g/mol. The van der Waals surface area contributed by atoms with Crippen LogP contribution in [0, 0.1) is 0 Å². The molecule has 1 atom stereocenters. The standard InChI is InChI=1S/C12H18ClNS/c1-2-3-11(14)8-9-15-12-6-4-10(13)5-7-12/h4-7,11H,2-3,8-9,14H2,1H3. The van der Waals surface area contributed by atoms with E-state index in [0.29, 0.717) is 6.04 Å². The fourth-order valence-electron chi connectivity index (χ4n) is 1.37. The van der Waals surface area contributed by atoms with Gasteiger partial charge in [-0.1, -0.05) is 24.9 Å². The number of thioether (sulfide) groups is 1. The second-order valence-electron chi connectivity index (χ2n) is 3.64. The monoisotopic (exact) mass is 243 g/mol. The zero-order valence-electron chi connectivity index (χ0n) is 9.08. The molecule has 0 aliphatic rings. The summed E-state index contributed by atoms with van der Waals surface area (Å²) in [4.78, 5) is 1.27. The third-order valence-corrected chi connectivity index (χ3v) is 3.53. The molecule has 0 amide bonds. The van der Waals surface area contributed by atoms with Gasteiger partial charge in [-0.05, 0) is 42.9 Å². The second kappa shape index (κ2) is 7.15. The Morgan fingerprint density at radius 1 is 1.27 bits per heavy atom. The van der Waals surface area contributed by atoms with Crippen LogP contribution in [0.4, 0.5) is 0 Å². The van der Waals surface area contributed by atoms with E-state index in [2.05, 4.69) is 19.1 Å². The molecule has 1 nitrogen and oxygen atoms in total. The summed E-state index contributed by atoms with van der Waals surface area (Å²) in [5.41, 5.74) is 5.94. The molecule has 2 N–H and O–H groups in total. The van der Waals surface area contributed by atoms with Gasteiger partial charge in [0.1, 0.15) is 0 Å². The SMILES string of the molecule is CCCC(N)CCSc1ccc(Cl)cc1. The van der Waals surface area contributed by atoms with Crippen LogP contribution in [0.25, 0.3) is 0 Å². The molecule has 0 aliphatic carbocycles. The van der Waals surface area contributed by atoms with Gasteiger partial charge < -0.3 is 5.73 Å². The third-order valence-electron chi connectivity index (χ3n) is 2.23. The minimum Gasteiger partial charge on any atom is -0.328 e. The number of halogens is 1. The Bertz CT molecular complexity index is 273. The van der Waals surface area contributed by atoms with E-state index in [4.69, 9.17) is 17.3 Å². The van der Waals surface area contributed by atoms with Gasteiger partial charge in [-0.2, -0.15) is 0 Å². The van der Waals surface area contributed by atoms with Crippen molar-refractivity contribution in [3.8, 4) is 0 Å². The quantitative estimate of drug-likeness (QED) is 0.766. The Hall–Kier alpha value is -0.180. The topological polar surface area (TPSA) is 26.0 Å². The lowest BCUT2D eigenvalue weighted by Gasteiger charge is -2.09. The van der Waals surface area contributed by atoms with Crippen LogP contribution >= 0.6 is 23.4 Å². The van der Waals surface area contributed by atoms with Crippen molar-refractivity contribution in [3.63, 3.8) is 0 Å². The van der Waals surface area contributed by atoms with E-state index < -0.39 is 0 Å². The summed E-state index contributed by atoms with van der Waals surface area (Å²) < 4.78 is 0. The first-order chi connectivity index (χ1) is 7.22. The highest BCUT2D eigenvalue weighted by molar-refractivity contribution is 7.99. The maximum absolute atomic E-state index is 5.94. The van der Waals surface area contributed by atoms with E-state index in [1.165, 1.54) is 11.3 Å². The largest absolute Gasteiger partial charge is 0.328 e. The van der Waals surface area contributed by atoms with Crippen molar-refractivity contribution in [2.24, 2.45) is 5.73 Å². The first-order valence-electron chi connectivity index (χ1n) is 5.36. The first kappa shape index (κ1) is 12.9. The molecular weight excluding hydrogens is 226 g/mol. The lowest BCUT2D eigenvalue weighted by molar-refractivity contribution is 0.590. The maximum Gasteiger partial charge on any atom is 0.0406 e. The molecule has 1 unspecified atom stereocenters. The highest BCUT2D eigenvalue weighted by Crippen LogP contribution is 2.21. The normalized spacial score (nSPS) is 12.7. The van der Waals surface area contributed by atoms with E-state index in [0.717, 1.165) is 23.6 Å². The van der Waals surface area contributed by atoms with Gasteiger partial charge in [-0.25, -0.2) is 0 Å². The van der Waals surface area contributed by atoms with Gasteiger partial charge in [0.2, 0.25) is 0 Å². The summed E-state index contributed by atoms with van der Waals surface area (Å²) >= 11 is 7.65. The van der Waals surface area contributed by atoms with Crippen LogP contribution in [0.1, 0.15) is 26.2 Å². The van der Waals surface area contributed by atoms with Gasteiger partial charge >= 0.3 is 0 Å². The summed E-state index contributed by atoms with van der Waals surface area (Å²) in [7, 11) is 0.